The van der Waals surface area contributed by atoms with Gasteiger partial charge < -0.3 is 0 Å². The van der Waals surface area contributed by atoms with Gasteiger partial charge in [-0.2, -0.15) is 0 Å². The summed E-state index contributed by atoms with van der Waals surface area (Å²) in [7, 11) is 0. The van der Waals surface area contributed by atoms with E-state index in [1.807, 2.05) is 32.0 Å². The second-order valence-electron chi connectivity index (χ2n) is 4.72. The Morgan fingerprint density at radius 2 is 1.63 bits per heavy atom. The van der Waals surface area contributed by atoms with Crippen molar-refractivity contribution in [3.63, 3.8) is 0 Å². The van der Waals surface area contributed by atoms with Crippen LogP contribution in [-0.4, -0.2) is 0 Å². The standard InChI is InChI=1S/C16H15ClF2/c1-10-6-7-12(8-11(10)2)14(17)9-13-15(18)4-3-5-16(13)19/h3-8,14H,9H2,1-2H3. The van der Waals surface area contributed by atoms with E-state index >= 15 is 0 Å². The molecule has 19 heavy (non-hydrogen) atoms. The van der Waals surface area contributed by atoms with Crippen molar-refractivity contribution in [3.05, 3.63) is 70.3 Å². The van der Waals surface area contributed by atoms with Gasteiger partial charge in [0.05, 0.1) is 5.38 Å². The van der Waals surface area contributed by atoms with Crippen LogP contribution < -0.4 is 0 Å². The average Bonchev–Trinajstić information content (AvgIpc) is 2.37. The maximum Gasteiger partial charge on any atom is 0.129 e. The molecule has 0 saturated heterocycles. The lowest BCUT2D eigenvalue weighted by Gasteiger charge is -2.13. The number of rotatable bonds is 3. The summed E-state index contributed by atoms with van der Waals surface area (Å²) in [6.07, 6.45) is 0.141. The molecule has 100 valence electrons. The Labute approximate surface area is 117 Å². The summed E-state index contributed by atoms with van der Waals surface area (Å²) in [5, 5.41) is -0.439. The fraction of sp³-hybridized carbons (Fsp3) is 0.250. The number of benzene rings is 2. The first-order valence-corrected chi connectivity index (χ1v) is 6.57. The van der Waals surface area contributed by atoms with Crippen molar-refractivity contribution in [3.8, 4) is 0 Å². The summed E-state index contributed by atoms with van der Waals surface area (Å²) in [5.74, 6) is -1.09. The summed E-state index contributed by atoms with van der Waals surface area (Å²) in [4.78, 5) is 0. The predicted molar refractivity (Wildman–Crippen MR) is 74.6 cm³/mol. The Morgan fingerprint density at radius 1 is 1.00 bits per heavy atom. The fourth-order valence-corrected chi connectivity index (χ4v) is 2.27. The fourth-order valence-electron chi connectivity index (χ4n) is 1.98. The minimum atomic E-state index is -0.547. The number of hydrogen-bond acceptors (Lipinski definition) is 0. The van der Waals surface area contributed by atoms with Crippen LogP contribution in [0.3, 0.4) is 0 Å². The third-order valence-electron chi connectivity index (χ3n) is 3.34. The Hall–Kier alpha value is -1.41. The molecule has 0 fully saturated rings. The van der Waals surface area contributed by atoms with Crippen LogP contribution in [0.25, 0.3) is 0 Å². The van der Waals surface area contributed by atoms with Gasteiger partial charge in [0, 0.05) is 5.56 Å². The molecule has 0 aromatic heterocycles. The van der Waals surface area contributed by atoms with Gasteiger partial charge in [-0.05, 0) is 49.1 Å². The molecule has 1 atom stereocenters. The molecule has 0 aliphatic heterocycles. The largest absolute Gasteiger partial charge is 0.207 e. The molecular weight excluding hydrogens is 266 g/mol. The predicted octanol–water partition coefficient (Wildman–Crippen LogP) is 5.10. The summed E-state index contributed by atoms with van der Waals surface area (Å²) >= 11 is 6.28. The number of hydrogen-bond donors (Lipinski definition) is 0. The quantitative estimate of drug-likeness (QED) is 0.686. The van der Waals surface area contributed by atoms with E-state index in [-0.39, 0.29) is 12.0 Å². The van der Waals surface area contributed by atoms with Crippen LogP contribution in [0.1, 0.15) is 27.6 Å². The summed E-state index contributed by atoms with van der Waals surface area (Å²) in [5.41, 5.74) is 3.22. The van der Waals surface area contributed by atoms with Crippen LogP contribution in [0.2, 0.25) is 0 Å². The van der Waals surface area contributed by atoms with Crippen molar-refractivity contribution in [2.45, 2.75) is 25.6 Å². The second kappa shape index (κ2) is 5.70. The Kier molecular flexibility index (Phi) is 4.20. The van der Waals surface area contributed by atoms with Crippen molar-refractivity contribution in [2.75, 3.05) is 0 Å². The highest BCUT2D eigenvalue weighted by atomic mass is 35.5. The molecule has 3 heteroatoms. The highest BCUT2D eigenvalue weighted by Gasteiger charge is 2.15. The normalized spacial score (nSPS) is 12.5. The van der Waals surface area contributed by atoms with Gasteiger partial charge in [-0.1, -0.05) is 24.3 Å². The van der Waals surface area contributed by atoms with Gasteiger partial charge in [-0.3, -0.25) is 0 Å². The van der Waals surface area contributed by atoms with E-state index < -0.39 is 17.0 Å². The molecule has 0 bridgehead atoms. The van der Waals surface area contributed by atoms with Crippen molar-refractivity contribution in [2.24, 2.45) is 0 Å². The number of aryl methyl sites for hydroxylation is 2. The molecule has 2 aromatic rings. The monoisotopic (exact) mass is 280 g/mol. The molecular formula is C16H15ClF2. The maximum absolute atomic E-state index is 13.6. The van der Waals surface area contributed by atoms with Crippen LogP contribution in [0.15, 0.2) is 36.4 Å². The van der Waals surface area contributed by atoms with Crippen molar-refractivity contribution in [1.82, 2.24) is 0 Å². The van der Waals surface area contributed by atoms with E-state index in [1.165, 1.54) is 23.8 Å². The second-order valence-corrected chi connectivity index (χ2v) is 5.24. The smallest absolute Gasteiger partial charge is 0.129 e. The molecule has 1 unspecified atom stereocenters. The lowest BCUT2D eigenvalue weighted by molar-refractivity contribution is 0.553. The minimum Gasteiger partial charge on any atom is -0.207 e. The van der Waals surface area contributed by atoms with Crippen LogP contribution >= 0.6 is 11.6 Å². The number of halogens is 3. The average molecular weight is 281 g/mol. The SMILES string of the molecule is Cc1ccc(C(Cl)Cc2c(F)cccc2F)cc1C. The molecule has 0 spiro atoms. The molecule has 0 amide bonds. The van der Waals surface area contributed by atoms with Crippen molar-refractivity contribution < 1.29 is 8.78 Å². The molecule has 0 nitrogen and oxygen atoms in total. The van der Waals surface area contributed by atoms with Gasteiger partial charge in [-0.15, -0.1) is 11.6 Å². The van der Waals surface area contributed by atoms with Gasteiger partial charge in [0.25, 0.3) is 0 Å². The van der Waals surface area contributed by atoms with E-state index in [2.05, 4.69) is 0 Å². The zero-order valence-electron chi connectivity index (χ0n) is 10.9. The Bertz CT molecular complexity index is 573. The topological polar surface area (TPSA) is 0 Å². The summed E-state index contributed by atoms with van der Waals surface area (Å²) < 4.78 is 27.1. The van der Waals surface area contributed by atoms with Gasteiger partial charge in [-0.25, -0.2) is 8.78 Å². The van der Waals surface area contributed by atoms with Crippen LogP contribution in [0, 0.1) is 25.5 Å². The van der Waals surface area contributed by atoms with Crippen LogP contribution in [0.5, 0.6) is 0 Å². The third-order valence-corrected chi connectivity index (χ3v) is 3.74. The van der Waals surface area contributed by atoms with E-state index in [1.54, 1.807) is 0 Å². The maximum atomic E-state index is 13.6. The van der Waals surface area contributed by atoms with Crippen LogP contribution in [0.4, 0.5) is 8.78 Å². The van der Waals surface area contributed by atoms with E-state index in [0.29, 0.717) is 0 Å². The molecule has 0 radical (unpaired) electrons. The molecule has 0 aliphatic rings. The lowest BCUT2D eigenvalue weighted by Crippen LogP contribution is -2.02. The molecule has 2 rings (SSSR count). The first-order valence-electron chi connectivity index (χ1n) is 6.13. The van der Waals surface area contributed by atoms with E-state index in [0.717, 1.165) is 11.1 Å². The molecule has 0 saturated carbocycles. The zero-order valence-corrected chi connectivity index (χ0v) is 11.6. The highest BCUT2D eigenvalue weighted by Crippen LogP contribution is 2.28. The Balaban J connectivity index is 2.25. The first-order chi connectivity index (χ1) is 8.99. The highest BCUT2D eigenvalue weighted by molar-refractivity contribution is 6.20. The molecule has 0 heterocycles. The molecule has 2 aromatic carbocycles. The minimum absolute atomic E-state index is 0.0423. The molecule has 0 N–H and O–H groups in total. The van der Waals surface area contributed by atoms with Crippen molar-refractivity contribution in [1.29, 1.82) is 0 Å². The number of alkyl halides is 1. The van der Waals surface area contributed by atoms with Gasteiger partial charge >= 0.3 is 0 Å². The van der Waals surface area contributed by atoms with Gasteiger partial charge in [0.15, 0.2) is 0 Å². The first kappa shape index (κ1) is 14.0. The third kappa shape index (κ3) is 3.13. The van der Waals surface area contributed by atoms with Gasteiger partial charge in [0.2, 0.25) is 0 Å². The van der Waals surface area contributed by atoms with E-state index in [9.17, 15) is 8.78 Å². The van der Waals surface area contributed by atoms with Crippen molar-refractivity contribution >= 4 is 11.6 Å². The molecule has 0 aliphatic carbocycles. The summed E-state index contributed by atoms with van der Waals surface area (Å²) in [6, 6.07) is 9.69. The van der Waals surface area contributed by atoms with Crippen LogP contribution in [-0.2, 0) is 6.42 Å². The summed E-state index contributed by atoms with van der Waals surface area (Å²) in [6.45, 7) is 4.00. The van der Waals surface area contributed by atoms with Gasteiger partial charge in [0.1, 0.15) is 11.6 Å². The zero-order chi connectivity index (χ0) is 14.0. The lowest BCUT2D eigenvalue weighted by atomic mass is 9.99. The Morgan fingerprint density at radius 3 is 2.21 bits per heavy atom. The van der Waals surface area contributed by atoms with E-state index in [4.69, 9.17) is 11.6 Å².